The van der Waals surface area contributed by atoms with E-state index < -0.39 is 0 Å². The van der Waals surface area contributed by atoms with Crippen LogP contribution >= 0.6 is 15.9 Å². The summed E-state index contributed by atoms with van der Waals surface area (Å²) in [6.07, 6.45) is 1.66. The average Bonchev–Trinajstić information content (AvgIpc) is 2.67. The van der Waals surface area contributed by atoms with Gasteiger partial charge < -0.3 is 14.8 Å². The van der Waals surface area contributed by atoms with E-state index in [1.165, 1.54) is 4.90 Å². The van der Waals surface area contributed by atoms with Crippen molar-refractivity contribution in [1.29, 1.82) is 0 Å². The van der Waals surface area contributed by atoms with Gasteiger partial charge in [0.15, 0.2) is 11.5 Å². The van der Waals surface area contributed by atoms with E-state index in [0.717, 1.165) is 10.0 Å². The molecule has 0 aliphatic carbocycles. The van der Waals surface area contributed by atoms with Crippen LogP contribution < -0.4 is 15.0 Å². The van der Waals surface area contributed by atoms with E-state index >= 15 is 0 Å². The Morgan fingerprint density at radius 2 is 1.96 bits per heavy atom. The molecule has 0 saturated carbocycles. The van der Waals surface area contributed by atoms with Crippen LogP contribution in [0.4, 0.5) is 5.69 Å². The molecule has 140 valence electrons. The minimum Gasteiger partial charge on any atom is -0.449 e. The molecular formula is C20H19BrN2O4. The lowest BCUT2D eigenvalue weighted by Gasteiger charge is -2.30. The van der Waals surface area contributed by atoms with Crippen molar-refractivity contribution in [3.63, 3.8) is 0 Å². The van der Waals surface area contributed by atoms with Crippen LogP contribution in [0.2, 0.25) is 0 Å². The lowest BCUT2D eigenvalue weighted by atomic mass is 10.1. The summed E-state index contributed by atoms with van der Waals surface area (Å²) in [7, 11) is 1.56. The molecule has 0 unspecified atom stereocenters. The standard InChI is InChI=1S/C20H19BrN2O4/c1-26-11-10-22-19(24)13-23-16-8-4-5-9-17(16)27-18(20(23)25)12-14-6-2-3-7-15(14)21/h2-9,12H,10-11,13H2,1H3,(H,22,24). The molecule has 6 nitrogen and oxygen atoms in total. The van der Waals surface area contributed by atoms with Gasteiger partial charge in [-0.25, -0.2) is 0 Å². The first-order valence-corrected chi connectivity index (χ1v) is 9.20. The number of halogens is 1. The van der Waals surface area contributed by atoms with Gasteiger partial charge in [0.2, 0.25) is 5.91 Å². The topological polar surface area (TPSA) is 67.9 Å². The van der Waals surface area contributed by atoms with E-state index in [2.05, 4.69) is 21.2 Å². The summed E-state index contributed by atoms with van der Waals surface area (Å²) in [5.74, 6) is 0.0501. The number of carbonyl (C=O) groups is 2. The van der Waals surface area contributed by atoms with Gasteiger partial charge in [-0.05, 0) is 29.8 Å². The Labute approximate surface area is 165 Å². The first-order valence-electron chi connectivity index (χ1n) is 8.41. The Balaban J connectivity index is 1.89. The second kappa shape index (κ2) is 8.83. The van der Waals surface area contributed by atoms with Gasteiger partial charge in [-0.2, -0.15) is 0 Å². The number of methoxy groups -OCH3 is 1. The van der Waals surface area contributed by atoms with Crippen molar-refractivity contribution in [3.8, 4) is 5.75 Å². The second-order valence-corrected chi connectivity index (χ2v) is 6.69. The fourth-order valence-corrected chi connectivity index (χ4v) is 3.04. The Kier molecular flexibility index (Phi) is 6.26. The third kappa shape index (κ3) is 4.56. The number of amides is 2. The molecule has 3 rings (SSSR count). The zero-order chi connectivity index (χ0) is 19.2. The van der Waals surface area contributed by atoms with Crippen molar-refractivity contribution in [2.75, 3.05) is 31.7 Å². The van der Waals surface area contributed by atoms with Crippen molar-refractivity contribution in [2.45, 2.75) is 0 Å². The summed E-state index contributed by atoms with van der Waals surface area (Å²) in [5.41, 5.74) is 1.37. The highest BCUT2D eigenvalue weighted by atomic mass is 79.9. The number of nitrogens with zero attached hydrogens (tertiary/aromatic N) is 1. The van der Waals surface area contributed by atoms with Crippen molar-refractivity contribution in [1.82, 2.24) is 5.32 Å². The average molecular weight is 431 g/mol. The molecule has 2 aromatic rings. The minimum atomic E-state index is -0.369. The SMILES string of the molecule is COCCNC(=O)CN1C(=O)C(=Cc2ccccc2Br)Oc2ccccc21. The van der Waals surface area contributed by atoms with Gasteiger partial charge in [-0.3, -0.25) is 14.5 Å². The molecule has 27 heavy (non-hydrogen) atoms. The molecule has 2 aromatic carbocycles. The monoisotopic (exact) mass is 430 g/mol. The van der Waals surface area contributed by atoms with Gasteiger partial charge in [0.1, 0.15) is 6.54 Å². The lowest BCUT2D eigenvalue weighted by Crippen LogP contribution is -2.44. The Bertz CT molecular complexity index is 882. The smallest absolute Gasteiger partial charge is 0.294 e. The van der Waals surface area contributed by atoms with Crippen LogP contribution in [-0.4, -0.2) is 38.6 Å². The molecule has 0 fully saturated rings. The van der Waals surface area contributed by atoms with Crippen molar-refractivity contribution in [2.24, 2.45) is 0 Å². The molecule has 0 bridgehead atoms. The normalized spacial score (nSPS) is 14.7. The summed E-state index contributed by atoms with van der Waals surface area (Å²) in [6, 6.07) is 14.7. The molecule has 7 heteroatoms. The Hall–Kier alpha value is -2.64. The van der Waals surface area contributed by atoms with E-state index in [0.29, 0.717) is 24.6 Å². The molecule has 0 radical (unpaired) electrons. The molecule has 2 amide bonds. The van der Waals surface area contributed by atoms with Crippen molar-refractivity contribution >= 4 is 39.5 Å². The fraction of sp³-hybridized carbons (Fsp3) is 0.200. The fourth-order valence-electron chi connectivity index (χ4n) is 2.64. The Morgan fingerprint density at radius 1 is 1.22 bits per heavy atom. The van der Waals surface area contributed by atoms with Gasteiger partial charge in [-0.1, -0.05) is 46.3 Å². The van der Waals surface area contributed by atoms with Crippen LogP contribution in [0.1, 0.15) is 5.56 Å². The van der Waals surface area contributed by atoms with Crippen LogP contribution in [0.25, 0.3) is 6.08 Å². The predicted octanol–water partition coefficient (Wildman–Crippen LogP) is 2.98. The highest BCUT2D eigenvalue weighted by Crippen LogP contribution is 2.35. The van der Waals surface area contributed by atoms with Crippen LogP contribution in [-0.2, 0) is 14.3 Å². The minimum absolute atomic E-state index is 0.101. The zero-order valence-corrected chi connectivity index (χ0v) is 16.4. The molecule has 1 aliphatic rings. The van der Waals surface area contributed by atoms with Crippen LogP contribution in [0.3, 0.4) is 0 Å². The van der Waals surface area contributed by atoms with Crippen LogP contribution in [0.15, 0.2) is 58.8 Å². The van der Waals surface area contributed by atoms with Gasteiger partial charge >= 0.3 is 0 Å². The summed E-state index contributed by atoms with van der Waals surface area (Å²) in [4.78, 5) is 26.6. The summed E-state index contributed by atoms with van der Waals surface area (Å²) in [5, 5.41) is 2.73. The van der Waals surface area contributed by atoms with Gasteiger partial charge in [0.05, 0.1) is 12.3 Å². The van der Waals surface area contributed by atoms with Crippen molar-refractivity contribution in [3.05, 3.63) is 64.3 Å². The lowest BCUT2D eigenvalue weighted by molar-refractivity contribution is -0.123. The quantitative estimate of drug-likeness (QED) is 0.564. The molecule has 0 atom stereocenters. The first-order chi connectivity index (χ1) is 13.1. The van der Waals surface area contributed by atoms with Gasteiger partial charge in [0.25, 0.3) is 5.91 Å². The molecule has 0 aromatic heterocycles. The van der Waals surface area contributed by atoms with E-state index in [1.54, 1.807) is 31.4 Å². The van der Waals surface area contributed by atoms with Crippen molar-refractivity contribution < 1.29 is 19.1 Å². The van der Waals surface area contributed by atoms with E-state index in [-0.39, 0.29) is 24.1 Å². The maximum atomic E-state index is 13.0. The second-order valence-electron chi connectivity index (χ2n) is 5.83. The number of carbonyl (C=O) groups excluding carboxylic acids is 2. The maximum Gasteiger partial charge on any atom is 0.294 e. The van der Waals surface area contributed by atoms with E-state index in [4.69, 9.17) is 9.47 Å². The number of fused-ring (bicyclic) bond motifs is 1. The summed E-state index contributed by atoms with van der Waals surface area (Å²) >= 11 is 3.46. The number of hydrogen-bond donors (Lipinski definition) is 1. The summed E-state index contributed by atoms with van der Waals surface area (Å²) < 4.78 is 11.6. The maximum absolute atomic E-state index is 13.0. The molecule has 0 saturated heterocycles. The summed E-state index contributed by atoms with van der Waals surface area (Å²) in [6.45, 7) is 0.692. The first kappa shape index (κ1) is 19.1. The third-order valence-corrected chi connectivity index (χ3v) is 4.68. The molecular weight excluding hydrogens is 412 g/mol. The molecule has 1 aliphatic heterocycles. The van der Waals surface area contributed by atoms with Gasteiger partial charge in [0, 0.05) is 18.1 Å². The largest absolute Gasteiger partial charge is 0.449 e. The van der Waals surface area contributed by atoms with Crippen LogP contribution in [0.5, 0.6) is 5.75 Å². The van der Waals surface area contributed by atoms with Gasteiger partial charge in [-0.15, -0.1) is 0 Å². The number of rotatable bonds is 6. The number of hydrogen-bond acceptors (Lipinski definition) is 4. The predicted molar refractivity (Wildman–Crippen MR) is 106 cm³/mol. The van der Waals surface area contributed by atoms with E-state index in [1.807, 2.05) is 30.3 Å². The molecule has 0 spiro atoms. The van der Waals surface area contributed by atoms with Crippen LogP contribution in [0, 0.1) is 0 Å². The number of nitrogens with one attached hydrogen (secondary N) is 1. The zero-order valence-electron chi connectivity index (χ0n) is 14.8. The Morgan fingerprint density at radius 3 is 2.74 bits per heavy atom. The third-order valence-electron chi connectivity index (χ3n) is 3.95. The molecule has 1 heterocycles. The van der Waals surface area contributed by atoms with E-state index in [9.17, 15) is 9.59 Å². The number of anilines is 1. The number of para-hydroxylation sites is 2. The number of benzene rings is 2. The highest BCUT2D eigenvalue weighted by Gasteiger charge is 2.31. The molecule has 1 N–H and O–H groups in total. The number of ether oxygens (including phenoxy) is 2. The highest BCUT2D eigenvalue weighted by molar-refractivity contribution is 9.10.